The van der Waals surface area contributed by atoms with Crippen molar-refractivity contribution in [3.63, 3.8) is 0 Å². The fourth-order valence-electron chi connectivity index (χ4n) is 8.35. The van der Waals surface area contributed by atoms with E-state index in [1.54, 1.807) is 30.3 Å². The third-order valence-corrected chi connectivity index (χ3v) is 12.6. The molecular formula is C50H71N15O15. The molecule has 1 aliphatic rings. The SMILES string of the molecule is C[C@@H](O)[C@H](NC(=O)[C@H](Cc1ccccc1)NC(=O)[C@@H]1CCCN1C(=O)[C@H](Cc1ccc(O)cc1)NC(=O)[C@H](CO)NC(=O)[C@H](CO)NC(=O)[C@H](CCCN=C(N)N)NC(=O)[C@H](CCC(N)=O)NC(=O)[C@@H](N)Cc1cnc[nH]1)C(=O)O. The lowest BCUT2D eigenvalue weighted by Gasteiger charge is -2.31. The van der Waals surface area contributed by atoms with E-state index in [0.717, 1.165) is 11.8 Å². The maximum Gasteiger partial charge on any atom is 0.328 e. The van der Waals surface area contributed by atoms with Gasteiger partial charge in [0.2, 0.25) is 53.2 Å². The number of aromatic amines is 1. The van der Waals surface area contributed by atoms with Crippen LogP contribution in [0.2, 0.25) is 0 Å². The van der Waals surface area contributed by atoms with Crippen molar-refractivity contribution in [2.75, 3.05) is 26.3 Å². The van der Waals surface area contributed by atoms with Crippen molar-refractivity contribution in [1.82, 2.24) is 52.1 Å². The highest BCUT2D eigenvalue weighted by atomic mass is 16.4. The van der Waals surface area contributed by atoms with Gasteiger partial charge in [-0.25, -0.2) is 9.78 Å². The summed E-state index contributed by atoms with van der Waals surface area (Å²) in [6, 6.07) is 0.145. The number of phenolic OH excluding ortho intramolecular Hbond substituents is 1. The second-order valence-corrected chi connectivity index (χ2v) is 18.9. The van der Waals surface area contributed by atoms with E-state index < -0.39 is 133 Å². The zero-order chi connectivity index (χ0) is 59.1. The summed E-state index contributed by atoms with van der Waals surface area (Å²) in [4.78, 5) is 146. The molecule has 0 radical (unpaired) electrons. The first-order valence-corrected chi connectivity index (χ1v) is 25.5. The van der Waals surface area contributed by atoms with E-state index >= 15 is 0 Å². The topological polar surface area (TPSA) is 504 Å². The molecule has 1 fully saturated rings. The third-order valence-electron chi connectivity index (χ3n) is 12.6. The molecule has 10 atom stereocenters. The molecule has 1 aliphatic heterocycles. The second kappa shape index (κ2) is 31.6. The van der Waals surface area contributed by atoms with E-state index in [9.17, 15) is 73.5 Å². The van der Waals surface area contributed by atoms with Crippen LogP contribution in [0.15, 0.2) is 72.1 Å². The number of H-pyrrole nitrogens is 1. The summed E-state index contributed by atoms with van der Waals surface area (Å²) in [6.07, 6.45) is 0.383. The van der Waals surface area contributed by atoms with Gasteiger partial charge in [0.15, 0.2) is 12.0 Å². The van der Waals surface area contributed by atoms with Gasteiger partial charge in [0.25, 0.3) is 0 Å². The number of aliphatic imine (C=N–C) groups is 1. The van der Waals surface area contributed by atoms with Gasteiger partial charge < -0.3 is 95.6 Å². The van der Waals surface area contributed by atoms with E-state index in [2.05, 4.69) is 52.2 Å². The average molecular weight is 1120 g/mol. The van der Waals surface area contributed by atoms with Gasteiger partial charge >= 0.3 is 5.97 Å². The number of carboxylic acid groups (broad SMARTS) is 1. The fraction of sp³-hybridized carbons (Fsp3) is 0.480. The monoisotopic (exact) mass is 1120 g/mol. The predicted octanol–water partition coefficient (Wildman–Crippen LogP) is -6.38. The van der Waals surface area contributed by atoms with Gasteiger partial charge in [0.1, 0.15) is 48.0 Å². The number of nitrogens with zero attached hydrogens (tertiary/aromatic N) is 3. The number of nitrogens with one attached hydrogen (secondary N) is 8. The Hall–Kier alpha value is -8.74. The number of hydrogen-bond donors (Lipinski definition) is 17. The zero-order valence-corrected chi connectivity index (χ0v) is 43.8. The Morgan fingerprint density at radius 2 is 1.24 bits per heavy atom. The largest absolute Gasteiger partial charge is 0.508 e. The summed E-state index contributed by atoms with van der Waals surface area (Å²) in [5, 5.41) is 67.2. The average Bonchev–Trinajstić information content (AvgIpc) is 4.14. The van der Waals surface area contributed by atoms with Crippen LogP contribution in [0.4, 0.5) is 0 Å². The number of nitrogens with two attached hydrogens (primary N) is 4. The summed E-state index contributed by atoms with van der Waals surface area (Å²) in [5.41, 5.74) is 23.7. The van der Waals surface area contributed by atoms with Crippen LogP contribution in [0.1, 0.15) is 62.3 Å². The van der Waals surface area contributed by atoms with Crippen LogP contribution in [-0.2, 0) is 67.2 Å². The van der Waals surface area contributed by atoms with Crippen molar-refractivity contribution in [3.05, 3.63) is 83.9 Å². The normalized spacial score (nSPS) is 16.3. The van der Waals surface area contributed by atoms with Crippen molar-refractivity contribution in [2.45, 2.75) is 125 Å². The lowest BCUT2D eigenvalue weighted by molar-refractivity contribution is -0.145. The Balaban J connectivity index is 1.53. The van der Waals surface area contributed by atoms with Crippen LogP contribution in [0, 0.1) is 0 Å². The van der Waals surface area contributed by atoms with Crippen LogP contribution in [-0.4, -0.2) is 192 Å². The van der Waals surface area contributed by atoms with E-state index in [-0.39, 0.29) is 82.6 Å². The first kappa shape index (κ1) is 63.8. The lowest BCUT2D eigenvalue weighted by atomic mass is 10.0. The van der Waals surface area contributed by atoms with E-state index in [0.29, 0.717) is 16.8 Å². The van der Waals surface area contributed by atoms with Gasteiger partial charge in [-0.1, -0.05) is 42.5 Å². The summed E-state index contributed by atoms with van der Waals surface area (Å²) in [5.74, 6) is -10.6. The first-order valence-electron chi connectivity index (χ1n) is 25.5. The first-order chi connectivity index (χ1) is 38.0. The Morgan fingerprint density at radius 3 is 1.79 bits per heavy atom. The molecule has 0 aliphatic carbocycles. The van der Waals surface area contributed by atoms with Gasteiger partial charge in [-0.05, 0) is 62.3 Å². The molecule has 1 saturated heterocycles. The summed E-state index contributed by atoms with van der Waals surface area (Å²) in [6.45, 7) is -1.10. The minimum absolute atomic E-state index is 0.0123. The van der Waals surface area contributed by atoms with E-state index in [1.807, 2.05) is 0 Å². The highest BCUT2D eigenvalue weighted by molar-refractivity contribution is 5.98. The second-order valence-electron chi connectivity index (χ2n) is 18.9. The molecule has 1 aromatic heterocycles. The van der Waals surface area contributed by atoms with Crippen LogP contribution in [0.25, 0.3) is 0 Å². The van der Waals surface area contributed by atoms with Crippen molar-refractivity contribution in [3.8, 4) is 5.75 Å². The number of benzene rings is 2. The van der Waals surface area contributed by atoms with Gasteiger partial charge in [-0.3, -0.25) is 48.1 Å². The molecule has 30 heteroatoms. The van der Waals surface area contributed by atoms with Crippen molar-refractivity contribution < 1.29 is 73.5 Å². The maximum absolute atomic E-state index is 14.6. The van der Waals surface area contributed by atoms with Crippen LogP contribution >= 0.6 is 0 Å². The standard InChI is InChI=1S/C50H71N15O15/c1-26(68)40(49(79)80)64-44(74)34(19-27-7-3-2-4-8-27)60-47(77)38-10-6-18-65(38)48(78)35(20-28-11-13-30(69)14-12-28)61-45(75)36(23-66)63-46(76)37(24-67)62-42(72)32(9-5-17-56-50(53)54)59-43(73)33(15-16-39(52)70)58-41(71)31(51)21-29-22-55-25-57-29/h2-4,7-8,11-14,22,25-26,31-38,40,66-69H,5-6,9-10,15-21,23-24,51H2,1H3,(H2,52,70)(H,55,57)(H,58,71)(H,59,73)(H,60,77)(H,61,75)(H,62,72)(H,63,76)(H,64,74)(H,79,80)(H4,53,54,56)/t26-,31+,32+,33+,34+,35+,36+,37+,38+,40+/m1/s1. The number of phenols is 1. The van der Waals surface area contributed by atoms with Crippen molar-refractivity contribution in [2.24, 2.45) is 27.9 Å². The Bertz CT molecular complexity index is 2620. The number of imidazole rings is 1. The number of amides is 9. The van der Waals surface area contributed by atoms with E-state index in [1.165, 1.54) is 36.8 Å². The zero-order valence-electron chi connectivity index (χ0n) is 43.8. The molecule has 0 bridgehead atoms. The highest BCUT2D eigenvalue weighted by Crippen LogP contribution is 2.21. The van der Waals surface area contributed by atoms with Crippen LogP contribution in [0.5, 0.6) is 5.75 Å². The summed E-state index contributed by atoms with van der Waals surface area (Å²) < 4.78 is 0. The fourth-order valence-corrected chi connectivity index (χ4v) is 8.35. The van der Waals surface area contributed by atoms with Gasteiger partial charge in [0, 0.05) is 50.7 Å². The molecule has 0 unspecified atom stereocenters. The Kier molecular flexibility index (Phi) is 25.2. The summed E-state index contributed by atoms with van der Waals surface area (Å²) >= 11 is 0. The number of carboxylic acids is 1. The number of aliphatic hydroxyl groups is 3. The number of rotatable bonds is 32. The minimum Gasteiger partial charge on any atom is -0.508 e. The third kappa shape index (κ3) is 20.2. The molecule has 2 aromatic carbocycles. The number of guanidine groups is 1. The molecule has 80 heavy (non-hydrogen) atoms. The highest BCUT2D eigenvalue weighted by Gasteiger charge is 2.41. The molecule has 0 saturated carbocycles. The molecule has 3 aromatic rings. The Morgan fingerprint density at radius 1 is 0.700 bits per heavy atom. The molecule has 30 nitrogen and oxygen atoms in total. The molecular weight excluding hydrogens is 1050 g/mol. The molecule has 9 amide bonds. The predicted molar refractivity (Wildman–Crippen MR) is 282 cm³/mol. The Labute approximate surface area is 458 Å². The number of hydrogen-bond acceptors (Lipinski definition) is 17. The number of primary amides is 1. The number of aromatic hydroxyl groups is 1. The number of likely N-dealkylation sites (tertiary alicyclic amines) is 1. The minimum atomic E-state index is -1.86. The maximum atomic E-state index is 14.6. The van der Waals surface area contributed by atoms with Gasteiger partial charge in [0.05, 0.1) is 31.7 Å². The van der Waals surface area contributed by atoms with E-state index in [4.69, 9.17) is 22.9 Å². The summed E-state index contributed by atoms with van der Waals surface area (Å²) in [7, 11) is 0. The molecule has 0 spiro atoms. The number of aliphatic hydroxyl groups excluding tert-OH is 3. The van der Waals surface area contributed by atoms with Gasteiger partial charge in [-0.15, -0.1) is 0 Å². The van der Waals surface area contributed by atoms with Crippen molar-refractivity contribution >= 4 is 65.1 Å². The molecule has 4 rings (SSSR count). The number of aromatic nitrogens is 2. The van der Waals surface area contributed by atoms with Gasteiger partial charge in [-0.2, -0.15) is 0 Å². The molecule has 2 heterocycles. The molecule has 436 valence electrons. The quantitative estimate of drug-likeness (QED) is 0.0157. The van der Waals surface area contributed by atoms with Crippen LogP contribution < -0.4 is 60.2 Å². The van der Waals surface area contributed by atoms with Crippen molar-refractivity contribution in [1.29, 1.82) is 0 Å². The smallest absolute Gasteiger partial charge is 0.328 e. The molecule has 21 N–H and O–H groups in total. The number of carbonyl (C=O) groups excluding carboxylic acids is 9. The lowest BCUT2D eigenvalue weighted by Crippen LogP contribution is -2.61. The van der Waals surface area contributed by atoms with Crippen LogP contribution in [0.3, 0.4) is 0 Å². The number of carbonyl (C=O) groups is 10. The number of aliphatic carboxylic acids is 1.